The van der Waals surface area contributed by atoms with Crippen LogP contribution >= 0.6 is 11.3 Å². The number of aromatic nitrogens is 3. The standard InChI is InChI=1S/C12H15N5OS/c1-3-9-16-17-12(19-9)15-11(18)8-6-5-7-14-10(8)13-4-2/h5-7H,3-4H2,1-2H3,(H,13,14)(H,15,17,18). The molecule has 0 bridgehead atoms. The Labute approximate surface area is 115 Å². The van der Waals surface area contributed by atoms with Crippen molar-refractivity contribution < 1.29 is 4.79 Å². The second-order valence-corrected chi connectivity index (χ2v) is 4.80. The molecule has 0 radical (unpaired) electrons. The zero-order chi connectivity index (χ0) is 13.7. The van der Waals surface area contributed by atoms with Gasteiger partial charge in [0.15, 0.2) is 0 Å². The van der Waals surface area contributed by atoms with E-state index in [0.29, 0.717) is 23.1 Å². The Kier molecular flexibility index (Phi) is 4.40. The maximum Gasteiger partial charge on any atom is 0.261 e. The minimum absolute atomic E-state index is 0.233. The number of nitrogens with zero attached hydrogens (tertiary/aromatic N) is 3. The lowest BCUT2D eigenvalue weighted by atomic mass is 10.2. The van der Waals surface area contributed by atoms with Crippen molar-refractivity contribution in [2.24, 2.45) is 0 Å². The molecule has 0 aromatic carbocycles. The van der Waals surface area contributed by atoms with Crippen LogP contribution in [0.5, 0.6) is 0 Å². The molecule has 0 aliphatic carbocycles. The number of hydrogen-bond acceptors (Lipinski definition) is 6. The van der Waals surface area contributed by atoms with Gasteiger partial charge in [-0.15, -0.1) is 10.2 Å². The minimum atomic E-state index is -0.233. The summed E-state index contributed by atoms with van der Waals surface area (Å²) in [6.45, 7) is 4.65. The lowest BCUT2D eigenvalue weighted by Gasteiger charge is -2.07. The molecule has 2 heterocycles. The van der Waals surface area contributed by atoms with Crippen molar-refractivity contribution in [2.75, 3.05) is 17.2 Å². The molecule has 0 fully saturated rings. The molecule has 100 valence electrons. The van der Waals surface area contributed by atoms with Crippen molar-refractivity contribution >= 4 is 28.2 Å². The van der Waals surface area contributed by atoms with Gasteiger partial charge in [0.1, 0.15) is 10.8 Å². The fraction of sp³-hybridized carbons (Fsp3) is 0.333. The first-order chi connectivity index (χ1) is 9.24. The number of carbonyl (C=O) groups is 1. The molecular weight excluding hydrogens is 262 g/mol. The van der Waals surface area contributed by atoms with Crippen molar-refractivity contribution in [2.45, 2.75) is 20.3 Å². The van der Waals surface area contributed by atoms with Gasteiger partial charge >= 0.3 is 0 Å². The summed E-state index contributed by atoms with van der Waals surface area (Å²) in [5.74, 6) is 0.339. The van der Waals surface area contributed by atoms with E-state index < -0.39 is 0 Å². The Balaban J connectivity index is 2.15. The summed E-state index contributed by atoms with van der Waals surface area (Å²) in [7, 11) is 0. The van der Waals surface area contributed by atoms with Gasteiger partial charge in [0.05, 0.1) is 5.56 Å². The van der Waals surface area contributed by atoms with Crippen LogP contribution in [-0.2, 0) is 6.42 Å². The molecule has 7 heteroatoms. The molecule has 0 aliphatic heterocycles. The molecule has 0 saturated carbocycles. The number of amides is 1. The molecule has 2 N–H and O–H groups in total. The van der Waals surface area contributed by atoms with Gasteiger partial charge in [-0.25, -0.2) is 4.98 Å². The van der Waals surface area contributed by atoms with Gasteiger partial charge < -0.3 is 5.32 Å². The normalized spacial score (nSPS) is 10.2. The zero-order valence-corrected chi connectivity index (χ0v) is 11.6. The minimum Gasteiger partial charge on any atom is -0.370 e. The van der Waals surface area contributed by atoms with Crippen LogP contribution < -0.4 is 10.6 Å². The molecule has 2 aromatic heterocycles. The molecule has 0 unspecified atom stereocenters. The number of hydrogen-bond donors (Lipinski definition) is 2. The summed E-state index contributed by atoms with van der Waals surface area (Å²) in [6, 6.07) is 3.45. The van der Waals surface area contributed by atoms with Crippen LogP contribution in [0.4, 0.5) is 10.9 Å². The number of pyridine rings is 1. The summed E-state index contributed by atoms with van der Waals surface area (Å²) in [5, 5.41) is 15.1. The monoisotopic (exact) mass is 277 g/mol. The van der Waals surface area contributed by atoms with Gasteiger partial charge in [-0.2, -0.15) is 0 Å². The van der Waals surface area contributed by atoms with Crippen molar-refractivity contribution in [1.29, 1.82) is 0 Å². The maximum atomic E-state index is 12.2. The van der Waals surface area contributed by atoms with E-state index in [9.17, 15) is 4.79 Å². The van der Waals surface area contributed by atoms with Crippen LogP contribution in [0.25, 0.3) is 0 Å². The molecule has 0 spiro atoms. The van der Waals surface area contributed by atoms with Gasteiger partial charge in [0.25, 0.3) is 5.91 Å². The second-order valence-electron chi connectivity index (χ2n) is 3.74. The number of anilines is 2. The maximum absolute atomic E-state index is 12.2. The second kappa shape index (κ2) is 6.24. The van der Waals surface area contributed by atoms with Crippen LogP contribution in [0.3, 0.4) is 0 Å². The largest absolute Gasteiger partial charge is 0.370 e. The van der Waals surface area contributed by atoms with Crippen LogP contribution in [0.2, 0.25) is 0 Å². The van der Waals surface area contributed by atoms with E-state index in [1.807, 2.05) is 13.8 Å². The fourth-order valence-electron chi connectivity index (χ4n) is 1.51. The van der Waals surface area contributed by atoms with Gasteiger partial charge in [-0.3, -0.25) is 10.1 Å². The highest BCUT2D eigenvalue weighted by Crippen LogP contribution is 2.18. The van der Waals surface area contributed by atoms with E-state index in [-0.39, 0.29) is 5.91 Å². The summed E-state index contributed by atoms with van der Waals surface area (Å²) >= 11 is 1.38. The van der Waals surface area contributed by atoms with Crippen LogP contribution in [0, 0.1) is 0 Å². The summed E-state index contributed by atoms with van der Waals surface area (Å²) in [5.41, 5.74) is 0.498. The quantitative estimate of drug-likeness (QED) is 0.875. The Morgan fingerprint density at radius 1 is 1.37 bits per heavy atom. The molecule has 1 amide bonds. The van der Waals surface area contributed by atoms with Crippen LogP contribution in [0.1, 0.15) is 29.2 Å². The molecule has 6 nitrogen and oxygen atoms in total. The van der Waals surface area contributed by atoms with E-state index in [2.05, 4.69) is 25.8 Å². The highest BCUT2D eigenvalue weighted by atomic mass is 32.1. The summed E-state index contributed by atoms with van der Waals surface area (Å²) in [6.07, 6.45) is 2.46. The highest BCUT2D eigenvalue weighted by molar-refractivity contribution is 7.15. The number of rotatable bonds is 5. The van der Waals surface area contributed by atoms with Crippen LogP contribution in [-0.4, -0.2) is 27.6 Å². The Bertz CT molecular complexity index is 569. The molecule has 0 atom stereocenters. The van der Waals surface area contributed by atoms with Gasteiger partial charge in [-0.05, 0) is 25.5 Å². The summed E-state index contributed by atoms with van der Waals surface area (Å²) in [4.78, 5) is 16.3. The fourth-order valence-corrected chi connectivity index (χ4v) is 2.18. The molecule has 2 rings (SSSR count). The predicted octanol–water partition coefficient (Wildman–Crippen LogP) is 2.18. The van der Waals surface area contributed by atoms with E-state index in [1.165, 1.54) is 11.3 Å². The van der Waals surface area contributed by atoms with Crippen molar-refractivity contribution in [3.8, 4) is 0 Å². The predicted molar refractivity (Wildman–Crippen MR) is 75.6 cm³/mol. The third kappa shape index (κ3) is 3.25. The van der Waals surface area contributed by atoms with Crippen LogP contribution in [0.15, 0.2) is 18.3 Å². The molecule has 0 aliphatic rings. The first-order valence-corrected chi connectivity index (χ1v) is 6.88. The third-order valence-corrected chi connectivity index (χ3v) is 3.37. The van der Waals surface area contributed by atoms with Gasteiger partial charge in [-0.1, -0.05) is 18.3 Å². The van der Waals surface area contributed by atoms with E-state index in [0.717, 1.165) is 11.4 Å². The molecule has 19 heavy (non-hydrogen) atoms. The third-order valence-electron chi connectivity index (χ3n) is 2.39. The molecule has 2 aromatic rings. The SMILES string of the molecule is CCNc1ncccc1C(=O)Nc1nnc(CC)s1. The summed E-state index contributed by atoms with van der Waals surface area (Å²) < 4.78 is 0. The van der Waals surface area contributed by atoms with Crippen molar-refractivity contribution in [1.82, 2.24) is 15.2 Å². The zero-order valence-electron chi connectivity index (χ0n) is 10.8. The Hall–Kier alpha value is -2.02. The Morgan fingerprint density at radius 3 is 2.89 bits per heavy atom. The lowest BCUT2D eigenvalue weighted by molar-refractivity contribution is 0.102. The molecule has 0 saturated heterocycles. The molecular formula is C12H15N5OS. The number of nitrogens with one attached hydrogen (secondary N) is 2. The van der Waals surface area contributed by atoms with Crippen molar-refractivity contribution in [3.63, 3.8) is 0 Å². The van der Waals surface area contributed by atoms with Crippen molar-refractivity contribution in [3.05, 3.63) is 28.9 Å². The van der Waals surface area contributed by atoms with Gasteiger partial charge in [0.2, 0.25) is 5.13 Å². The topological polar surface area (TPSA) is 79.8 Å². The number of carbonyl (C=O) groups excluding carboxylic acids is 1. The first kappa shape index (κ1) is 13.4. The average molecular weight is 277 g/mol. The first-order valence-electron chi connectivity index (χ1n) is 6.07. The van der Waals surface area contributed by atoms with E-state index in [1.54, 1.807) is 18.3 Å². The Morgan fingerprint density at radius 2 is 2.21 bits per heavy atom. The van der Waals surface area contributed by atoms with E-state index >= 15 is 0 Å². The average Bonchev–Trinajstić information content (AvgIpc) is 2.87. The highest BCUT2D eigenvalue weighted by Gasteiger charge is 2.13. The smallest absolute Gasteiger partial charge is 0.261 e. The number of aryl methyl sites for hydroxylation is 1. The van der Waals surface area contributed by atoms with Gasteiger partial charge in [0, 0.05) is 12.7 Å². The van der Waals surface area contributed by atoms with E-state index in [4.69, 9.17) is 0 Å². The lowest BCUT2D eigenvalue weighted by Crippen LogP contribution is -2.15.